The molecule has 1 atom stereocenters. The van der Waals surface area contributed by atoms with E-state index >= 15 is 0 Å². The molecule has 2 heteroatoms. The van der Waals surface area contributed by atoms with Crippen LogP contribution in [-0.4, -0.2) is 18.0 Å². The van der Waals surface area contributed by atoms with Gasteiger partial charge in [0.25, 0.3) is 0 Å². The van der Waals surface area contributed by atoms with E-state index in [1.165, 1.54) is 57.8 Å². The van der Waals surface area contributed by atoms with Gasteiger partial charge in [-0.25, -0.2) is 0 Å². The largest absolute Gasteiger partial charge is 0.348 e. The highest BCUT2D eigenvalue weighted by Gasteiger charge is 2.41. The van der Waals surface area contributed by atoms with Crippen LogP contribution in [0.1, 0.15) is 91.9 Å². The lowest BCUT2D eigenvalue weighted by Crippen LogP contribution is -2.30. The third-order valence-corrected chi connectivity index (χ3v) is 4.03. The Hall–Kier alpha value is -0.0800. The molecule has 0 unspecified atom stereocenters. The first kappa shape index (κ1) is 17.0. The van der Waals surface area contributed by atoms with E-state index in [1.807, 2.05) is 13.8 Å². The molecule has 1 aliphatic rings. The molecule has 0 bridgehead atoms. The van der Waals surface area contributed by atoms with Crippen LogP contribution in [-0.2, 0) is 9.47 Å². The number of hydrogen-bond donors (Lipinski definition) is 0. The first-order valence-electron chi connectivity index (χ1n) is 8.32. The monoisotopic (exact) mass is 270 g/mol. The Labute approximate surface area is 120 Å². The summed E-state index contributed by atoms with van der Waals surface area (Å²) >= 11 is 0. The van der Waals surface area contributed by atoms with Crippen molar-refractivity contribution in [1.82, 2.24) is 0 Å². The van der Waals surface area contributed by atoms with E-state index in [4.69, 9.17) is 9.47 Å². The van der Waals surface area contributed by atoms with Crippen molar-refractivity contribution in [1.29, 1.82) is 0 Å². The minimum Gasteiger partial charge on any atom is -0.348 e. The predicted octanol–water partition coefficient (Wildman–Crippen LogP) is 5.45. The second-order valence-corrected chi connectivity index (χ2v) is 6.82. The molecule has 1 rings (SSSR count). The zero-order valence-corrected chi connectivity index (χ0v) is 13.6. The summed E-state index contributed by atoms with van der Waals surface area (Å²) in [5.74, 6) is -0.381. The first-order chi connectivity index (χ1) is 8.97. The first-order valence-corrected chi connectivity index (χ1v) is 8.32. The van der Waals surface area contributed by atoms with Crippen molar-refractivity contribution in [3.05, 3.63) is 0 Å². The van der Waals surface area contributed by atoms with Gasteiger partial charge in [0.05, 0.1) is 12.2 Å². The fraction of sp³-hybridized carbons (Fsp3) is 1.00. The van der Waals surface area contributed by atoms with Gasteiger partial charge in [0.1, 0.15) is 0 Å². The van der Waals surface area contributed by atoms with E-state index in [-0.39, 0.29) is 11.4 Å². The standard InChI is InChI=1S/C17H34O2/c1-5-6-7-8-9-10-11-12-13-14-17(4)15-18-16(2,3)19-17/h5-15H2,1-4H3/t17-/m0/s1. The molecule has 19 heavy (non-hydrogen) atoms. The molecule has 114 valence electrons. The Morgan fingerprint density at radius 2 is 1.32 bits per heavy atom. The van der Waals surface area contributed by atoms with Gasteiger partial charge in [-0.2, -0.15) is 0 Å². The highest BCUT2D eigenvalue weighted by molar-refractivity contribution is 4.83. The normalized spacial score (nSPS) is 25.9. The molecule has 1 saturated heterocycles. The fourth-order valence-electron chi connectivity index (χ4n) is 2.91. The van der Waals surface area contributed by atoms with E-state index < -0.39 is 0 Å². The van der Waals surface area contributed by atoms with Crippen LogP contribution < -0.4 is 0 Å². The quantitative estimate of drug-likeness (QED) is 0.491. The van der Waals surface area contributed by atoms with E-state index in [2.05, 4.69) is 13.8 Å². The molecule has 1 fully saturated rings. The number of unbranched alkanes of at least 4 members (excludes halogenated alkanes) is 8. The maximum atomic E-state index is 5.99. The molecule has 0 N–H and O–H groups in total. The summed E-state index contributed by atoms with van der Waals surface area (Å²) in [5, 5.41) is 0. The summed E-state index contributed by atoms with van der Waals surface area (Å²) in [4.78, 5) is 0. The molecule has 0 saturated carbocycles. The van der Waals surface area contributed by atoms with Crippen molar-refractivity contribution in [2.24, 2.45) is 0 Å². The molecule has 0 radical (unpaired) electrons. The molecular formula is C17H34O2. The fourth-order valence-corrected chi connectivity index (χ4v) is 2.91. The third kappa shape index (κ3) is 7.31. The second-order valence-electron chi connectivity index (χ2n) is 6.82. The van der Waals surface area contributed by atoms with Crippen LogP contribution in [0.4, 0.5) is 0 Å². The van der Waals surface area contributed by atoms with E-state index in [9.17, 15) is 0 Å². The van der Waals surface area contributed by atoms with E-state index in [1.54, 1.807) is 0 Å². The molecular weight excluding hydrogens is 236 g/mol. The predicted molar refractivity (Wildman–Crippen MR) is 81.4 cm³/mol. The van der Waals surface area contributed by atoms with Crippen LogP contribution in [0, 0.1) is 0 Å². The van der Waals surface area contributed by atoms with Crippen LogP contribution in [0.25, 0.3) is 0 Å². The van der Waals surface area contributed by atoms with Gasteiger partial charge in [-0.05, 0) is 27.2 Å². The van der Waals surface area contributed by atoms with Gasteiger partial charge in [-0.1, -0.05) is 64.7 Å². The SMILES string of the molecule is CCCCCCCCCCC[C@@]1(C)COC(C)(C)O1. The maximum Gasteiger partial charge on any atom is 0.163 e. The minimum absolute atomic E-state index is 0.0510. The van der Waals surface area contributed by atoms with Crippen LogP contribution in [0.15, 0.2) is 0 Å². The summed E-state index contributed by atoms with van der Waals surface area (Å²) < 4.78 is 11.7. The Kier molecular flexibility index (Phi) is 7.38. The molecule has 1 heterocycles. The number of ether oxygens (including phenoxy) is 2. The van der Waals surface area contributed by atoms with Crippen molar-refractivity contribution in [2.45, 2.75) is 103 Å². The number of hydrogen-bond acceptors (Lipinski definition) is 2. The van der Waals surface area contributed by atoms with Crippen molar-refractivity contribution in [3.63, 3.8) is 0 Å². The second kappa shape index (κ2) is 8.26. The third-order valence-electron chi connectivity index (χ3n) is 4.03. The van der Waals surface area contributed by atoms with Crippen molar-refractivity contribution in [2.75, 3.05) is 6.61 Å². The van der Waals surface area contributed by atoms with Crippen molar-refractivity contribution in [3.8, 4) is 0 Å². The highest BCUT2D eigenvalue weighted by Crippen LogP contribution is 2.34. The van der Waals surface area contributed by atoms with Crippen molar-refractivity contribution < 1.29 is 9.47 Å². The Bertz CT molecular complexity index is 237. The van der Waals surface area contributed by atoms with Crippen LogP contribution >= 0.6 is 0 Å². The molecule has 0 aromatic carbocycles. The summed E-state index contributed by atoms with van der Waals surface area (Å²) in [5.41, 5.74) is -0.0510. The molecule has 0 spiro atoms. The lowest BCUT2D eigenvalue weighted by Gasteiger charge is -2.25. The average molecular weight is 270 g/mol. The van der Waals surface area contributed by atoms with Crippen LogP contribution in [0.2, 0.25) is 0 Å². The topological polar surface area (TPSA) is 18.5 Å². The van der Waals surface area contributed by atoms with Gasteiger partial charge in [0.2, 0.25) is 0 Å². The van der Waals surface area contributed by atoms with Gasteiger partial charge in [0, 0.05) is 0 Å². The Morgan fingerprint density at radius 3 is 1.79 bits per heavy atom. The lowest BCUT2D eigenvalue weighted by molar-refractivity contribution is -0.158. The molecule has 2 nitrogen and oxygen atoms in total. The van der Waals surface area contributed by atoms with Crippen LogP contribution in [0.5, 0.6) is 0 Å². The number of rotatable bonds is 10. The lowest BCUT2D eigenvalue weighted by atomic mass is 9.98. The van der Waals surface area contributed by atoms with Crippen molar-refractivity contribution >= 4 is 0 Å². The summed E-state index contributed by atoms with van der Waals surface area (Å²) in [7, 11) is 0. The van der Waals surface area contributed by atoms with E-state index in [0.29, 0.717) is 0 Å². The highest BCUT2D eigenvalue weighted by atomic mass is 16.7. The van der Waals surface area contributed by atoms with Gasteiger partial charge in [-0.15, -0.1) is 0 Å². The molecule has 0 aromatic rings. The van der Waals surface area contributed by atoms with Crippen LogP contribution in [0.3, 0.4) is 0 Å². The van der Waals surface area contributed by atoms with Gasteiger partial charge in [0.15, 0.2) is 5.79 Å². The maximum absolute atomic E-state index is 5.99. The van der Waals surface area contributed by atoms with Gasteiger partial charge >= 0.3 is 0 Å². The van der Waals surface area contributed by atoms with Gasteiger partial charge < -0.3 is 9.47 Å². The van der Waals surface area contributed by atoms with Gasteiger partial charge in [-0.3, -0.25) is 0 Å². The molecule has 0 amide bonds. The summed E-state index contributed by atoms with van der Waals surface area (Å²) in [6.07, 6.45) is 13.6. The Morgan fingerprint density at radius 1 is 0.789 bits per heavy atom. The molecule has 1 aliphatic heterocycles. The zero-order chi connectivity index (χ0) is 14.2. The summed E-state index contributed by atoms with van der Waals surface area (Å²) in [6, 6.07) is 0. The Balaban J connectivity index is 1.94. The van der Waals surface area contributed by atoms with E-state index in [0.717, 1.165) is 13.0 Å². The molecule has 0 aromatic heterocycles. The smallest absolute Gasteiger partial charge is 0.163 e. The minimum atomic E-state index is -0.381. The zero-order valence-electron chi connectivity index (χ0n) is 13.6. The summed E-state index contributed by atoms with van der Waals surface area (Å²) in [6.45, 7) is 9.23. The molecule has 0 aliphatic carbocycles. The average Bonchev–Trinajstić information content (AvgIpc) is 2.62.